The average molecular weight is 310 g/mol. The van der Waals surface area contributed by atoms with Crippen LogP contribution in [0.15, 0.2) is 23.1 Å². The number of ether oxygens (including phenoxy) is 1. The molecule has 2 aliphatic rings. The van der Waals surface area contributed by atoms with Crippen LogP contribution in [-0.4, -0.2) is 33.7 Å². The molecule has 0 bridgehead atoms. The highest BCUT2D eigenvalue weighted by atomic mass is 32.2. The summed E-state index contributed by atoms with van der Waals surface area (Å²) in [4.78, 5) is 0.336. The van der Waals surface area contributed by atoms with Crippen LogP contribution in [0.25, 0.3) is 0 Å². The third-order valence-corrected chi connectivity index (χ3v) is 5.94. The number of anilines is 1. The van der Waals surface area contributed by atoms with Crippen LogP contribution in [-0.2, 0) is 21.2 Å². The van der Waals surface area contributed by atoms with Crippen LogP contribution < -0.4 is 10.0 Å². The summed E-state index contributed by atoms with van der Waals surface area (Å²) < 4.78 is 33.4. The Morgan fingerprint density at radius 2 is 2.05 bits per heavy atom. The maximum atomic E-state index is 12.6. The minimum absolute atomic E-state index is 0.336. The number of fused-ring (bicyclic) bond motifs is 1. The molecule has 1 aromatic rings. The van der Waals surface area contributed by atoms with Crippen LogP contribution in [0.5, 0.6) is 0 Å². The van der Waals surface area contributed by atoms with Gasteiger partial charge in [-0.2, -0.15) is 0 Å². The molecule has 0 aromatic heterocycles. The van der Waals surface area contributed by atoms with E-state index < -0.39 is 15.6 Å². The van der Waals surface area contributed by atoms with E-state index in [0.29, 0.717) is 31.0 Å². The second kappa shape index (κ2) is 5.59. The number of nitrogens with one attached hydrogen (secondary N) is 2. The molecule has 2 aliphatic heterocycles. The van der Waals surface area contributed by atoms with Crippen molar-refractivity contribution in [1.29, 1.82) is 0 Å². The van der Waals surface area contributed by atoms with E-state index in [4.69, 9.17) is 4.74 Å². The van der Waals surface area contributed by atoms with E-state index in [2.05, 4.69) is 10.0 Å². The van der Waals surface area contributed by atoms with Crippen LogP contribution in [0, 0.1) is 0 Å². The lowest BCUT2D eigenvalue weighted by molar-refractivity contribution is 0.0537. The maximum Gasteiger partial charge on any atom is 0.241 e. The predicted octanol–water partition coefficient (Wildman–Crippen LogP) is 1.89. The van der Waals surface area contributed by atoms with Gasteiger partial charge in [-0.15, -0.1) is 0 Å². The highest BCUT2D eigenvalue weighted by Gasteiger charge is 2.32. The third-order valence-electron chi connectivity index (χ3n) is 4.31. The fourth-order valence-corrected chi connectivity index (χ4v) is 4.41. The lowest BCUT2D eigenvalue weighted by atomic mass is 9.94. The normalized spacial score (nSPS) is 21.4. The van der Waals surface area contributed by atoms with Crippen molar-refractivity contribution < 1.29 is 13.2 Å². The molecule has 3 rings (SSSR count). The predicted molar refractivity (Wildman–Crippen MR) is 82.0 cm³/mol. The lowest BCUT2D eigenvalue weighted by Crippen LogP contribution is -2.49. The highest BCUT2D eigenvalue weighted by molar-refractivity contribution is 7.89. The van der Waals surface area contributed by atoms with Crippen LogP contribution >= 0.6 is 0 Å². The molecule has 0 spiro atoms. The van der Waals surface area contributed by atoms with E-state index in [0.717, 1.165) is 25.1 Å². The molecule has 5 nitrogen and oxygen atoms in total. The summed E-state index contributed by atoms with van der Waals surface area (Å²) in [7, 11) is -3.50. The zero-order valence-electron chi connectivity index (χ0n) is 12.3. The summed E-state index contributed by atoms with van der Waals surface area (Å²) >= 11 is 0. The number of hydrogen-bond acceptors (Lipinski definition) is 4. The largest absolute Gasteiger partial charge is 0.385 e. The zero-order valence-corrected chi connectivity index (χ0v) is 13.1. The fraction of sp³-hybridized carbons (Fsp3) is 0.600. The standard InChI is InChI=1S/C15H22N2O3S/c1-15(6-9-20-10-7-15)17-21(18,19)13-5-4-12-3-2-8-16-14(12)11-13/h4-5,11,16-17H,2-3,6-10H2,1H3. The first kappa shape index (κ1) is 14.8. The molecular weight excluding hydrogens is 288 g/mol. The molecule has 0 saturated carbocycles. The zero-order chi connectivity index (χ0) is 14.9. The molecule has 2 N–H and O–H groups in total. The lowest BCUT2D eigenvalue weighted by Gasteiger charge is -2.34. The molecule has 1 fully saturated rings. The average Bonchev–Trinajstić information content (AvgIpc) is 2.46. The number of rotatable bonds is 3. The van der Waals surface area contributed by atoms with Crippen molar-refractivity contribution in [1.82, 2.24) is 4.72 Å². The summed E-state index contributed by atoms with van der Waals surface area (Å²) in [6, 6.07) is 5.37. The first-order chi connectivity index (χ1) is 9.99. The van der Waals surface area contributed by atoms with E-state index in [1.54, 1.807) is 12.1 Å². The molecule has 6 heteroatoms. The van der Waals surface area contributed by atoms with E-state index in [9.17, 15) is 8.42 Å². The summed E-state index contributed by atoms with van der Waals surface area (Å²) in [5.41, 5.74) is 1.72. The second-order valence-corrected chi connectivity index (χ2v) is 7.81. The number of hydrogen-bond donors (Lipinski definition) is 2. The molecule has 0 radical (unpaired) electrons. The van der Waals surface area contributed by atoms with Crippen LogP contribution in [0.2, 0.25) is 0 Å². The summed E-state index contributed by atoms with van der Waals surface area (Å²) in [5.74, 6) is 0. The maximum absolute atomic E-state index is 12.6. The Morgan fingerprint density at radius 1 is 1.29 bits per heavy atom. The number of sulfonamides is 1. The van der Waals surface area contributed by atoms with Gasteiger partial charge in [0.1, 0.15) is 0 Å². The Bertz CT molecular complexity index is 622. The van der Waals surface area contributed by atoms with Gasteiger partial charge < -0.3 is 10.1 Å². The topological polar surface area (TPSA) is 67.4 Å². The number of aryl methyl sites for hydroxylation is 1. The molecule has 2 heterocycles. The Labute approximate surface area is 126 Å². The van der Waals surface area contributed by atoms with Gasteiger partial charge in [0.2, 0.25) is 10.0 Å². The van der Waals surface area contributed by atoms with Gasteiger partial charge >= 0.3 is 0 Å². The van der Waals surface area contributed by atoms with Crippen molar-refractivity contribution in [2.45, 2.75) is 43.0 Å². The van der Waals surface area contributed by atoms with Gasteiger partial charge in [0.15, 0.2) is 0 Å². The van der Waals surface area contributed by atoms with Gasteiger partial charge in [-0.05, 0) is 50.3 Å². The van der Waals surface area contributed by atoms with Crippen molar-refractivity contribution in [2.75, 3.05) is 25.1 Å². The van der Waals surface area contributed by atoms with Crippen molar-refractivity contribution in [3.63, 3.8) is 0 Å². The van der Waals surface area contributed by atoms with Crippen LogP contribution in [0.1, 0.15) is 31.7 Å². The molecule has 116 valence electrons. The summed E-state index contributed by atoms with van der Waals surface area (Å²) in [6.45, 7) is 4.05. The van der Waals surface area contributed by atoms with Crippen molar-refractivity contribution >= 4 is 15.7 Å². The van der Waals surface area contributed by atoms with E-state index in [1.165, 1.54) is 5.56 Å². The van der Waals surface area contributed by atoms with Gasteiger partial charge in [-0.3, -0.25) is 0 Å². The minimum Gasteiger partial charge on any atom is -0.385 e. The Balaban J connectivity index is 1.84. The van der Waals surface area contributed by atoms with Gasteiger partial charge in [0.05, 0.1) is 4.90 Å². The summed E-state index contributed by atoms with van der Waals surface area (Å²) in [5, 5.41) is 3.28. The Hall–Kier alpha value is -1.11. The van der Waals surface area contributed by atoms with Gasteiger partial charge in [0.25, 0.3) is 0 Å². The molecule has 1 saturated heterocycles. The SMILES string of the molecule is CC1(NS(=O)(=O)c2ccc3c(c2)NCCC3)CCOCC1. The third kappa shape index (κ3) is 3.22. The Morgan fingerprint density at radius 3 is 2.81 bits per heavy atom. The molecule has 0 unspecified atom stereocenters. The second-order valence-electron chi connectivity index (χ2n) is 6.13. The highest BCUT2D eigenvalue weighted by Crippen LogP contribution is 2.27. The molecule has 0 atom stereocenters. The molecule has 1 aromatic carbocycles. The van der Waals surface area contributed by atoms with Crippen LogP contribution in [0.4, 0.5) is 5.69 Å². The molecule has 0 amide bonds. The van der Waals surface area contributed by atoms with Gasteiger partial charge in [-0.25, -0.2) is 13.1 Å². The van der Waals surface area contributed by atoms with E-state index in [-0.39, 0.29) is 0 Å². The molecule has 0 aliphatic carbocycles. The van der Waals surface area contributed by atoms with Gasteiger partial charge in [-0.1, -0.05) is 6.07 Å². The van der Waals surface area contributed by atoms with E-state index >= 15 is 0 Å². The fourth-order valence-electron chi connectivity index (χ4n) is 2.91. The number of benzene rings is 1. The smallest absolute Gasteiger partial charge is 0.241 e. The summed E-state index contributed by atoms with van der Waals surface area (Å²) in [6.07, 6.45) is 3.51. The minimum atomic E-state index is -3.50. The first-order valence-corrected chi connectivity index (χ1v) is 8.95. The monoisotopic (exact) mass is 310 g/mol. The molecule has 21 heavy (non-hydrogen) atoms. The Kier molecular flexibility index (Phi) is 3.94. The van der Waals surface area contributed by atoms with Crippen molar-refractivity contribution in [3.05, 3.63) is 23.8 Å². The van der Waals surface area contributed by atoms with E-state index in [1.807, 2.05) is 13.0 Å². The molecular formula is C15H22N2O3S. The van der Waals surface area contributed by atoms with Crippen molar-refractivity contribution in [3.8, 4) is 0 Å². The van der Waals surface area contributed by atoms with Gasteiger partial charge in [0, 0.05) is 31.0 Å². The quantitative estimate of drug-likeness (QED) is 0.895. The van der Waals surface area contributed by atoms with Crippen molar-refractivity contribution in [2.24, 2.45) is 0 Å². The first-order valence-electron chi connectivity index (χ1n) is 7.47. The van der Waals surface area contributed by atoms with Crippen LogP contribution in [0.3, 0.4) is 0 Å².